The monoisotopic (exact) mass is 205 g/mol. The van der Waals surface area contributed by atoms with Crippen molar-refractivity contribution in [2.24, 2.45) is 0 Å². The summed E-state index contributed by atoms with van der Waals surface area (Å²) in [7, 11) is -4.10. The lowest BCUT2D eigenvalue weighted by atomic mass is 10.7. The Bertz CT molecular complexity index is 164. The van der Waals surface area contributed by atoms with E-state index in [1.54, 1.807) is 0 Å². The average Bonchev–Trinajstić information content (AvgIpc) is 1.59. The maximum absolute atomic E-state index is 10.1. The fourth-order valence-corrected chi connectivity index (χ4v) is 0.712. The normalized spacial score (nSPS) is 9.50. The van der Waals surface area contributed by atoms with Gasteiger partial charge in [-0.15, -0.1) is 0 Å². The Balaban J connectivity index is -0.000000405. The molecule has 0 saturated heterocycles. The van der Waals surface area contributed by atoms with Gasteiger partial charge in [-0.3, -0.25) is 14.7 Å². The third kappa shape index (κ3) is 16.2. The van der Waals surface area contributed by atoms with Gasteiger partial charge in [-0.2, -0.15) is 0 Å². The molecule has 0 aromatic heterocycles. The molecule has 0 aliphatic rings. The van der Waals surface area contributed by atoms with Crippen molar-refractivity contribution in [2.75, 3.05) is 12.8 Å². The molecule has 0 aromatic rings. The first-order chi connectivity index (χ1) is 4.42. The lowest BCUT2D eigenvalue weighted by Gasteiger charge is -2.02. The van der Waals surface area contributed by atoms with Crippen LogP contribution in [0.5, 0.6) is 0 Å². The lowest BCUT2D eigenvalue weighted by Crippen LogP contribution is -2.23. The Kier molecular flexibility index (Phi) is 10.5. The number of aliphatic carboxylic acids is 1. The van der Waals surface area contributed by atoms with Crippen LogP contribution in [-0.4, -0.2) is 44.6 Å². The zero-order chi connectivity index (χ0) is 8.20. The van der Waals surface area contributed by atoms with Crippen molar-refractivity contribution in [1.29, 1.82) is 0 Å². The van der Waals surface area contributed by atoms with Crippen molar-refractivity contribution in [2.45, 2.75) is 0 Å². The van der Waals surface area contributed by atoms with Gasteiger partial charge in [-0.1, -0.05) is 0 Å². The van der Waals surface area contributed by atoms with Crippen LogP contribution in [0.1, 0.15) is 0 Å². The molecule has 0 aliphatic heterocycles. The van der Waals surface area contributed by atoms with E-state index in [0.717, 1.165) is 0 Å². The maximum Gasteiger partial charge on any atom is 0.339 e. The van der Waals surface area contributed by atoms with E-state index in [2.05, 4.69) is 5.32 Å². The van der Waals surface area contributed by atoms with E-state index in [1.807, 2.05) is 0 Å². The summed E-state index contributed by atoms with van der Waals surface area (Å²) in [5.41, 5.74) is 0. The fourth-order valence-electron chi connectivity index (χ4n) is 0.308. The molecule has 0 spiro atoms. The van der Waals surface area contributed by atoms with Gasteiger partial charge >= 0.3 is 13.6 Å². The van der Waals surface area contributed by atoms with Crippen LogP contribution in [0.4, 0.5) is 0 Å². The predicted octanol–water partition coefficient (Wildman–Crippen LogP) is -2.85. The van der Waals surface area contributed by atoms with Gasteiger partial charge in [0.2, 0.25) is 0 Å². The molecule has 0 heterocycles. The van der Waals surface area contributed by atoms with Gasteiger partial charge in [0.25, 0.3) is 0 Å². The summed E-state index contributed by atoms with van der Waals surface area (Å²) in [5, 5.41) is 10.1. The van der Waals surface area contributed by atoms with Gasteiger partial charge in [-0.25, -0.2) is 0 Å². The maximum atomic E-state index is 10.1. The van der Waals surface area contributed by atoms with Crippen LogP contribution in [0.3, 0.4) is 0 Å². The zero-order valence-electron chi connectivity index (χ0n) is 6.02. The molecule has 0 saturated carbocycles. The first-order valence-electron chi connectivity index (χ1n) is 2.39. The van der Waals surface area contributed by atoms with Crippen LogP contribution in [0.15, 0.2) is 0 Å². The Morgan fingerprint density at radius 1 is 1.33 bits per heavy atom. The first-order valence-corrected chi connectivity index (χ1v) is 4.18. The summed E-state index contributed by atoms with van der Waals surface area (Å²) in [6.07, 6.45) is -0.598. The molecule has 0 atom stereocenters. The van der Waals surface area contributed by atoms with Crippen molar-refractivity contribution in [3.8, 4) is 0 Å². The first kappa shape index (κ1) is 17.5. The lowest BCUT2D eigenvalue weighted by molar-refractivity contribution is -0.135. The summed E-state index contributed by atoms with van der Waals surface area (Å²) in [6.45, 7) is -0.439. The number of carboxylic acid groups (broad SMARTS) is 1. The molecule has 0 rings (SSSR count). The highest BCUT2D eigenvalue weighted by Gasteiger charge is 2.11. The van der Waals surface area contributed by atoms with E-state index >= 15 is 0 Å². The molecule has 0 aromatic carbocycles. The van der Waals surface area contributed by atoms with E-state index in [4.69, 9.17) is 14.9 Å². The molecule has 76 valence electrons. The largest absolute Gasteiger partial charge is 0.480 e. The number of hydrogen-bond donors (Lipinski definition) is 4. The summed E-state index contributed by atoms with van der Waals surface area (Å²) in [5.74, 6) is -1.14. The van der Waals surface area contributed by atoms with Gasteiger partial charge in [-0.05, 0) is 0 Å². The van der Waals surface area contributed by atoms with E-state index in [9.17, 15) is 9.36 Å². The van der Waals surface area contributed by atoms with Crippen LogP contribution in [0, 0.1) is 0 Å². The van der Waals surface area contributed by atoms with E-state index in [1.165, 1.54) is 0 Å². The van der Waals surface area contributed by atoms with Crippen molar-refractivity contribution >= 4 is 13.6 Å². The quantitative estimate of drug-likeness (QED) is 0.359. The van der Waals surface area contributed by atoms with Crippen molar-refractivity contribution < 1.29 is 35.2 Å². The highest BCUT2D eigenvalue weighted by atomic mass is 31.2. The fraction of sp³-hybridized carbons (Fsp3) is 0.667. The van der Waals surface area contributed by atoms with Gasteiger partial charge in [0.1, 0.15) is 0 Å². The minimum atomic E-state index is -4.10. The number of nitrogens with one attached hydrogen (secondary N) is 1. The summed E-state index contributed by atoms with van der Waals surface area (Å²) in [4.78, 5) is 26.1. The van der Waals surface area contributed by atoms with Crippen molar-refractivity contribution in [3.05, 3.63) is 0 Å². The third-order valence-electron chi connectivity index (χ3n) is 0.594. The van der Waals surface area contributed by atoms with Crippen molar-refractivity contribution in [1.82, 2.24) is 5.32 Å². The van der Waals surface area contributed by atoms with E-state index in [-0.39, 0.29) is 11.0 Å². The second-order valence-corrected chi connectivity index (χ2v) is 3.29. The molecule has 8 N–H and O–H groups in total. The molecule has 0 amide bonds. The molecular weight excluding hydrogens is 193 g/mol. The molecular formula is C3H12NO7P. The smallest absolute Gasteiger partial charge is 0.339 e. The highest BCUT2D eigenvalue weighted by Crippen LogP contribution is 2.31. The van der Waals surface area contributed by atoms with Crippen LogP contribution in [-0.2, 0) is 9.36 Å². The molecule has 0 bridgehead atoms. The van der Waals surface area contributed by atoms with Gasteiger partial charge in [0, 0.05) is 0 Å². The number of hydrogen-bond acceptors (Lipinski definition) is 3. The molecule has 0 aliphatic carbocycles. The van der Waals surface area contributed by atoms with E-state index in [0.29, 0.717) is 0 Å². The SMILES string of the molecule is O.O.O=C(O)CNCP(=O)(O)O. The average molecular weight is 205 g/mol. The number of rotatable bonds is 4. The van der Waals surface area contributed by atoms with Gasteiger partial charge in [0.15, 0.2) is 0 Å². The minimum Gasteiger partial charge on any atom is -0.480 e. The third-order valence-corrected chi connectivity index (χ3v) is 1.23. The van der Waals surface area contributed by atoms with Gasteiger partial charge in [0.05, 0.1) is 12.8 Å². The highest BCUT2D eigenvalue weighted by molar-refractivity contribution is 7.51. The topological polar surface area (TPSA) is 170 Å². The Hall–Kier alpha value is -0.500. The Morgan fingerprint density at radius 3 is 2.00 bits per heavy atom. The molecule has 8 nitrogen and oxygen atoms in total. The molecule has 0 fully saturated rings. The van der Waals surface area contributed by atoms with E-state index < -0.39 is 26.4 Å². The summed E-state index contributed by atoms with van der Waals surface area (Å²) >= 11 is 0. The van der Waals surface area contributed by atoms with Crippen molar-refractivity contribution in [3.63, 3.8) is 0 Å². The van der Waals surface area contributed by atoms with Crippen LogP contribution in [0.25, 0.3) is 0 Å². The predicted molar refractivity (Wildman–Crippen MR) is 39.8 cm³/mol. The summed E-state index contributed by atoms with van der Waals surface area (Å²) < 4.78 is 10.1. The number of carbonyl (C=O) groups is 1. The zero-order valence-corrected chi connectivity index (χ0v) is 6.91. The van der Waals surface area contributed by atoms with Crippen LogP contribution < -0.4 is 5.32 Å². The second-order valence-electron chi connectivity index (χ2n) is 1.64. The molecule has 12 heavy (non-hydrogen) atoms. The van der Waals surface area contributed by atoms with Crippen LogP contribution >= 0.6 is 7.60 Å². The standard InChI is InChI=1S/C3H8NO5P.2H2O/c5-3(6)1-4-2-10(7,8)9;;/h4H,1-2H2,(H,5,6)(H2,7,8,9);2*1H2. The summed E-state index contributed by atoms with van der Waals surface area (Å²) in [6, 6.07) is 0. The number of carboxylic acids is 1. The molecule has 0 unspecified atom stereocenters. The molecule has 0 radical (unpaired) electrons. The van der Waals surface area contributed by atoms with Crippen LogP contribution in [0.2, 0.25) is 0 Å². The second kappa shape index (κ2) is 7.17. The Morgan fingerprint density at radius 2 is 1.75 bits per heavy atom. The minimum absolute atomic E-state index is 0. The Labute approximate surface area is 68.0 Å². The molecule has 9 heteroatoms. The van der Waals surface area contributed by atoms with Gasteiger partial charge < -0.3 is 25.8 Å².